The third kappa shape index (κ3) is 41.4. The summed E-state index contributed by atoms with van der Waals surface area (Å²) in [5.74, 6) is -0.834. The Labute approximate surface area is 337 Å². The Kier molecular flexibility index (Phi) is 36.2. The number of carbonyl (C=O) groups is 2. The molecule has 10 heteroatoms. The summed E-state index contributed by atoms with van der Waals surface area (Å²) < 4.78 is 34.3. The Hall–Kier alpha value is -2.03. The SMILES string of the molecule is CCC/C=C/C/C=C/C/C=C/C/C=C/CCCCCC(=O)O[C@H](COC(=O)CCCCCCCCCCCCCCCC)COP(=O)(O)OCC[N+](C)(C)C. The molecule has 0 aliphatic carbocycles. The first-order chi connectivity index (χ1) is 26.5. The van der Waals surface area contributed by atoms with Crippen LogP contribution in [0.5, 0.6) is 0 Å². The molecule has 9 nitrogen and oxygen atoms in total. The fourth-order valence-electron chi connectivity index (χ4n) is 5.65. The summed E-state index contributed by atoms with van der Waals surface area (Å²) in [5.41, 5.74) is 0. The molecule has 0 bridgehead atoms. The van der Waals surface area contributed by atoms with E-state index in [1.807, 2.05) is 21.1 Å². The minimum atomic E-state index is -4.38. The van der Waals surface area contributed by atoms with Crippen LogP contribution >= 0.6 is 7.82 Å². The second-order valence-corrected chi connectivity index (χ2v) is 17.2. The monoisotopic (exact) mass is 797 g/mol. The molecule has 0 aromatic rings. The molecule has 0 radical (unpaired) electrons. The zero-order valence-corrected chi connectivity index (χ0v) is 36.8. The molecule has 0 heterocycles. The Morgan fingerprint density at radius 3 is 1.53 bits per heavy atom. The third-order valence-corrected chi connectivity index (χ3v) is 10.1. The van der Waals surface area contributed by atoms with E-state index in [9.17, 15) is 19.0 Å². The molecule has 0 amide bonds. The van der Waals surface area contributed by atoms with Crippen LogP contribution in [0.2, 0.25) is 0 Å². The highest BCUT2D eigenvalue weighted by Crippen LogP contribution is 2.43. The molecule has 0 spiro atoms. The van der Waals surface area contributed by atoms with Gasteiger partial charge in [-0.1, -0.05) is 159 Å². The number of hydrogen-bond donors (Lipinski definition) is 1. The number of nitrogens with zero attached hydrogens (tertiary/aromatic N) is 1. The van der Waals surface area contributed by atoms with E-state index >= 15 is 0 Å². The topological polar surface area (TPSA) is 108 Å². The van der Waals surface area contributed by atoms with Gasteiger partial charge >= 0.3 is 19.8 Å². The summed E-state index contributed by atoms with van der Waals surface area (Å²) in [6.45, 7) is 4.31. The molecule has 1 unspecified atom stereocenters. The first-order valence-corrected chi connectivity index (χ1v) is 23.4. The number of quaternary nitrogens is 1. The number of hydrogen-bond acceptors (Lipinski definition) is 7. The van der Waals surface area contributed by atoms with Crippen molar-refractivity contribution in [3.8, 4) is 0 Å². The molecule has 0 fully saturated rings. The number of carbonyl (C=O) groups excluding carboxylic acids is 2. The van der Waals surface area contributed by atoms with Crippen LogP contribution in [-0.4, -0.2) is 74.9 Å². The van der Waals surface area contributed by atoms with Crippen LogP contribution < -0.4 is 0 Å². The van der Waals surface area contributed by atoms with Crippen molar-refractivity contribution in [1.82, 2.24) is 0 Å². The molecule has 0 aromatic heterocycles. The van der Waals surface area contributed by atoms with Crippen LogP contribution in [0.3, 0.4) is 0 Å². The summed E-state index contributed by atoms with van der Waals surface area (Å²) in [7, 11) is 1.45. The average molecular weight is 797 g/mol. The predicted molar refractivity (Wildman–Crippen MR) is 229 cm³/mol. The average Bonchev–Trinajstić information content (AvgIpc) is 3.13. The van der Waals surface area contributed by atoms with Gasteiger partial charge in [-0.2, -0.15) is 0 Å². The van der Waals surface area contributed by atoms with Gasteiger partial charge in [0.25, 0.3) is 0 Å². The summed E-state index contributed by atoms with van der Waals surface area (Å²) >= 11 is 0. The van der Waals surface area contributed by atoms with Gasteiger partial charge in [0.2, 0.25) is 0 Å². The number of esters is 2. The maximum Gasteiger partial charge on any atom is 0.472 e. The van der Waals surface area contributed by atoms with Crippen molar-refractivity contribution in [2.45, 2.75) is 180 Å². The number of unbranched alkanes of at least 4 members (excludes halogenated alkanes) is 17. The number of phosphoric acid groups is 1. The fraction of sp³-hybridized carbons (Fsp3) is 0.778. The lowest BCUT2D eigenvalue weighted by Gasteiger charge is -2.24. The second-order valence-electron chi connectivity index (χ2n) is 15.7. The summed E-state index contributed by atoms with van der Waals surface area (Å²) in [4.78, 5) is 35.3. The lowest BCUT2D eigenvalue weighted by Crippen LogP contribution is -2.37. The largest absolute Gasteiger partial charge is 0.472 e. The summed E-state index contributed by atoms with van der Waals surface area (Å²) in [5, 5.41) is 0. The first-order valence-electron chi connectivity index (χ1n) is 21.9. The summed E-state index contributed by atoms with van der Waals surface area (Å²) in [6, 6.07) is 0. The van der Waals surface area contributed by atoms with Crippen LogP contribution in [0.25, 0.3) is 0 Å². The van der Waals surface area contributed by atoms with Crippen LogP contribution in [-0.2, 0) is 32.7 Å². The van der Waals surface area contributed by atoms with Crippen LogP contribution in [0.4, 0.5) is 0 Å². The molecule has 0 aliphatic rings. The zero-order chi connectivity index (χ0) is 40.7. The quantitative estimate of drug-likeness (QED) is 0.0215. The van der Waals surface area contributed by atoms with E-state index in [2.05, 4.69) is 62.5 Å². The van der Waals surface area contributed by atoms with E-state index in [1.54, 1.807) is 0 Å². The van der Waals surface area contributed by atoms with Crippen molar-refractivity contribution >= 4 is 19.8 Å². The first kappa shape index (κ1) is 53.0. The highest BCUT2D eigenvalue weighted by Gasteiger charge is 2.27. The third-order valence-electron chi connectivity index (χ3n) is 9.09. The Bertz CT molecular complexity index is 1080. The van der Waals surface area contributed by atoms with E-state index in [0.29, 0.717) is 17.4 Å². The maximum absolute atomic E-state index is 12.7. The molecule has 1 N–H and O–H groups in total. The summed E-state index contributed by atoms with van der Waals surface area (Å²) in [6.07, 6.45) is 43.0. The molecule has 0 saturated heterocycles. The highest BCUT2D eigenvalue weighted by atomic mass is 31.2. The van der Waals surface area contributed by atoms with Crippen molar-refractivity contribution in [2.75, 3.05) is 47.5 Å². The van der Waals surface area contributed by atoms with Gasteiger partial charge in [-0.15, -0.1) is 0 Å². The van der Waals surface area contributed by atoms with E-state index in [-0.39, 0.29) is 32.0 Å². The standard InChI is InChI=1S/C45H82NO8P/c1-6-8-10-12-14-16-18-20-22-23-24-26-28-30-32-34-36-38-45(48)54-43(42-53-55(49,50)52-40-39-46(3,4)5)41-51-44(47)37-35-33-31-29-27-25-21-19-17-15-13-11-9-7-2/h10,12,16,18,22-23,26,28,43H,6-9,11,13-15,17,19-21,24-25,27,29-42H2,1-5H3/p+1/b12-10+,18-16+,23-22+,28-26+/t43-/m1/s1. The van der Waals surface area contributed by atoms with Crippen LogP contribution in [0, 0.1) is 0 Å². The Morgan fingerprint density at radius 1 is 0.564 bits per heavy atom. The Morgan fingerprint density at radius 2 is 1.02 bits per heavy atom. The maximum atomic E-state index is 12.7. The molecular weight excluding hydrogens is 713 g/mol. The Balaban J connectivity index is 4.43. The number of allylic oxidation sites excluding steroid dienone is 8. The molecule has 0 aliphatic heterocycles. The lowest BCUT2D eigenvalue weighted by molar-refractivity contribution is -0.870. The van der Waals surface area contributed by atoms with Crippen molar-refractivity contribution in [3.63, 3.8) is 0 Å². The van der Waals surface area contributed by atoms with E-state index in [1.165, 1.54) is 77.0 Å². The van der Waals surface area contributed by atoms with Gasteiger partial charge in [0, 0.05) is 12.8 Å². The predicted octanol–water partition coefficient (Wildman–Crippen LogP) is 12.3. The highest BCUT2D eigenvalue weighted by molar-refractivity contribution is 7.47. The fourth-order valence-corrected chi connectivity index (χ4v) is 6.39. The smallest absolute Gasteiger partial charge is 0.462 e. The van der Waals surface area contributed by atoms with Crippen molar-refractivity contribution in [1.29, 1.82) is 0 Å². The molecule has 0 saturated carbocycles. The molecule has 320 valence electrons. The van der Waals surface area contributed by atoms with E-state index in [4.69, 9.17) is 18.5 Å². The molecule has 55 heavy (non-hydrogen) atoms. The van der Waals surface area contributed by atoms with E-state index in [0.717, 1.165) is 64.2 Å². The van der Waals surface area contributed by atoms with Crippen molar-refractivity contribution in [2.24, 2.45) is 0 Å². The minimum absolute atomic E-state index is 0.0247. The number of phosphoric ester groups is 1. The van der Waals surface area contributed by atoms with Gasteiger partial charge < -0.3 is 18.9 Å². The minimum Gasteiger partial charge on any atom is -0.462 e. The molecule has 2 atom stereocenters. The van der Waals surface area contributed by atoms with Gasteiger partial charge in [-0.3, -0.25) is 18.6 Å². The lowest BCUT2D eigenvalue weighted by atomic mass is 10.0. The van der Waals surface area contributed by atoms with Crippen molar-refractivity contribution in [3.05, 3.63) is 48.6 Å². The molecule has 0 aromatic carbocycles. The van der Waals surface area contributed by atoms with Crippen LogP contribution in [0.1, 0.15) is 174 Å². The zero-order valence-electron chi connectivity index (χ0n) is 35.9. The molecule has 0 rings (SSSR count). The molecular formula is C45H83NO8P+. The van der Waals surface area contributed by atoms with E-state index < -0.39 is 26.5 Å². The van der Waals surface area contributed by atoms with Gasteiger partial charge in [0.1, 0.15) is 19.8 Å². The number of ether oxygens (including phenoxy) is 2. The van der Waals surface area contributed by atoms with Gasteiger partial charge in [-0.25, -0.2) is 4.57 Å². The number of rotatable bonds is 39. The van der Waals surface area contributed by atoms with Gasteiger partial charge in [0.05, 0.1) is 27.7 Å². The van der Waals surface area contributed by atoms with Crippen LogP contribution in [0.15, 0.2) is 48.6 Å². The second kappa shape index (κ2) is 37.5. The number of likely N-dealkylation sites (N-methyl/N-ethyl adjacent to an activating group) is 1. The normalized spacial score (nSPS) is 14.1. The van der Waals surface area contributed by atoms with Gasteiger partial charge in [-0.05, 0) is 51.4 Å². The van der Waals surface area contributed by atoms with Crippen molar-refractivity contribution < 1.29 is 42.1 Å². The van der Waals surface area contributed by atoms with Gasteiger partial charge in [0.15, 0.2) is 6.10 Å².